The fraction of sp³-hybridized carbons (Fsp3) is 0.105. The van der Waals surface area contributed by atoms with Gasteiger partial charge in [0.2, 0.25) is 0 Å². The van der Waals surface area contributed by atoms with Gasteiger partial charge in [0, 0.05) is 5.02 Å². The van der Waals surface area contributed by atoms with E-state index >= 15 is 0 Å². The molecule has 27 heavy (non-hydrogen) atoms. The minimum absolute atomic E-state index is 0.0277. The predicted octanol–water partition coefficient (Wildman–Crippen LogP) is 5.20. The summed E-state index contributed by atoms with van der Waals surface area (Å²) in [6.07, 6.45) is 1.77. The lowest BCUT2D eigenvalue weighted by Gasteiger charge is -2.05. The molecule has 1 amide bonds. The van der Waals surface area contributed by atoms with Crippen LogP contribution in [0.3, 0.4) is 0 Å². The maximum atomic E-state index is 12.2. The van der Waals surface area contributed by atoms with Crippen LogP contribution < -0.4 is 10.1 Å². The van der Waals surface area contributed by atoms with Gasteiger partial charge in [0.25, 0.3) is 5.91 Å². The summed E-state index contributed by atoms with van der Waals surface area (Å²) in [6, 6.07) is 12.7. The predicted molar refractivity (Wildman–Crippen MR) is 112 cm³/mol. The molecule has 0 unspecified atom stereocenters. The second kappa shape index (κ2) is 8.61. The number of aryl methyl sites for hydroxylation is 1. The Kier molecular flexibility index (Phi) is 6.22. The number of nitriles is 1. The van der Waals surface area contributed by atoms with Gasteiger partial charge < -0.3 is 10.1 Å². The zero-order chi connectivity index (χ0) is 19.4. The summed E-state index contributed by atoms with van der Waals surface area (Å²) in [5.74, 6) is 0.361. The molecule has 0 spiro atoms. The molecule has 0 bridgehead atoms. The summed E-state index contributed by atoms with van der Waals surface area (Å²) in [5.41, 5.74) is 2.51. The number of amidine groups is 1. The smallest absolute Gasteiger partial charge is 0.264 e. The van der Waals surface area contributed by atoms with Crippen LogP contribution in [0.1, 0.15) is 11.1 Å². The highest BCUT2D eigenvalue weighted by Gasteiger charge is 2.24. The van der Waals surface area contributed by atoms with Gasteiger partial charge in [0.1, 0.15) is 11.8 Å². The quantitative estimate of drug-likeness (QED) is 0.633. The molecular formula is C19H13BrClN3O2S. The Balaban J connectivity index is 1.81. The van der Waals surface area contributed by atoms with Crippen LogP contribution >= 0.6 is 39.3 Å². The zero-order valence-corrected chi connectivity index (χ0v) is 17.3. The molecule has 1 aliphatic heterocycles. The monoisotopic (exact) mass is 461 g/mol. The van der Waals surface area contributed by atoms with Crippen LogP contribution in [0.2, 0.25) is 5.02 Å². The third-order valence-corrected chi connectivity index (χ3v) is 5.35. The summed E-state index contributed by atoms with van der Waals surface area (Å²) >= 11 is 10.7. The van der Waals surface area contributed by atoms with Gasteiger partial charge in [0.15, 0.2) is 11.8 Å². The Labute approximate surface area is 174 Å². The Morgan fingerprint density at radius 2 is 2.19 bits per heavy atom. The highest BCUT2D eigenvalue weighted by Crippen LogP contribution is 2.32. The van der Waals surface area contributed by atoms with E-state index in [4.69, 9.17) is 21.6 Å². The van der Waals surface area contributed by atoms with E-state index in [1.165, 1.54) is 11.8 Å². The molecule has 1 saturated heterocycles. The molecule has 2 aromatic rings. The van der Waals surface area contributed by atoms with Crippen LogP contribution in [0.15, 0.2) is 50.8 Å². The zero-order valence-electron chi connectivity index (χ0n) is 14.1. The number of carbonyl (C=O) groups excluding carboxylic acids is 1. The van der Waals surface area contributed by atoms with E-state index in [-0.39, 0.29) is 12.5 Å². The third-order valence-electron chi connectivity index (χ3n) is 3.59. The summed E-state index contributed by atoms with van der Waals surface area (Å²) < 4.78 is 6.00. The van der Waals surface area contributed by atoms with E-state index in [1.54, 1.807) is 24.3 Å². The number of benzene rings is 2. The van der Waals surface area contributed by atoms with Crippen LogP contribution in [0.25, 0.3) is 6.08 Å². The summed E-state index contributed by atoms with van der Waals surface area (Å²) in [7, 11) is 0. The van der Waals surface area contributed by atoms with Gasteiger partial charge in [-0.05, 0) is 76.1 Å². The maximum Gasteiger partial charge on any atom is 0.264 e. The van der Waals surface area contributed by atoms with E-state index in [2.05, 4.69) is 26.2 Å². The number of nitrogens with zero attached hydrogens (tertiary/aromatic N) is 2. The normalized spacial score (nSPS) is 16.4. The number of nitrogens with one attached hydrogen (secondary N) is 1. The van der Waals surface area contributed by atoms with E-state index < -0.39 is 0 Å². The standard InChI is InChI=1S/C19H13BrClN3O2S/c1-11-2-4-13(21)10-15(11)23-19-24-18(25)17(27-19)9-12-3-5-16(14(20)8-12)26-7-6-22/h2-5,8-10H,7H2,1H3,(H,23,24,25)/b17-9-. The molecule has 1 fully saturated rings. The van der Waals surface area contributed by atoms with Crippen molar-refractivity contribution < 1.29 is 9.53 Å². The summed E-state index contributed by atoms with van der Waals surface area (Å²) in [6.45, 7) is 1.90. The highest BCUT2D eigenvalue weighted by atomic mass is 79.9. The van der Waals surface area contributed by atoms with Crippen LogP contribution in [0.4, 0.5) is 5.69 Å². The number of amides is 1. The number of hydrogen-bond acceptors (Lipinski definition) is 5. The second-order valence-corrected chi connectivity index (χ2v) is 7.87. The molecule has 3 rings (SSSR count). The van der Waals surface area contributed by atoms with Gasteiger partial charge in [-0.15, -0.1) is 0 Å². The molecule has 0 aromatic heterocycles. The average Bonchev–Trinajstić information content (AvgIpc) is 2.96. The van der Waals surface area contributed by atoms with Crippen molar-refractivity contribution in [3.8, 4) is 11.8 Å². The summed E-state index contributed by atoms with van der Waals surface area (Å²) in [5, 5.41) is 12.4. The number of hydrogen-bond donors (Lipinski definition) is 1. The maximum absolute atomic E-state index is 12.2. The van der Waals surface area contributed by atoms with Crippen molar-refractivity contribution in [2.75, 3.05) is 6.61 Å². The van der Waals surface area contributed by atoms with Crippen LogP contribution in [0, 0.1) is 18.3 Å². The van der Waals surface area contributed by atoms with Gasteiger partial charge in [-0.2, -0.15) is 5.26 Å². The molecular weight excluding hydrogens is 450 g/mol. The molecule has 8 heteroatoms. The van der Waals surface area contributed by atoms with E-state index in [9.17, 15) is 4.79 Å². The number of thioether (sulfide) groups is 1. The third kappa shape index (κ3) is 4.92. The van der Waals surface area contributed by atoms with Crippen molar-refractivity contribution in [3.05, 3.63) is 61.9 Å². The van der Waals surface area contributed by atoms with E-state index in [0.29, 0.717) is 31.0 Å². The number of carbonyl (C=O) groups is 1. The Morgan fingerprint density at radius 1 is 1.37 bits per heavy atom. The molecule has 1 aliphatic rings. The molecule has 136 valence electrons. The van der Waals surface area contributed by atoms with Crippen molar-refractivity contribution in [2.24, 2.45) is 4.99 Å². The fourth-order valence-corrected chi connectivity index (χ4v) is 3.79. The van der Waals surface area contributed by atoms with Crippen LogP contribution in [0.5, 0.6) is 5.75 Å². The topological polar surface area (TPSA) is 74.5 Å². The van der Waals surface area contributed by atoms with Crippen molar-refractivity contribution in [3.63, 3.8) is 0 Å². The van der Waals surface area contributed by atoms with Gasteiger partial charge in [-0.1, -0.05) is 23.7 Å². The van der Waals surface area contributed by atoms with E-state index in [1.807, 2.05) is 31.2 Å². The molecule has 2 aromatic carbocycles. The van der Waals surface area contributed by atoms with Gasteiger partial charge in [0.05, 0.1) is 15.1 Å². The van der Waals surface area contributed by atoms with E-state index in [0.717, 1.165) is 11.1 Å². The lowest BCUT2D eigenvalue weighted by Crippen LogP contribution is -2.19. The van der Waals surface area contributed by atoms with Gasteiger partial charge >= 0.3 is 0 Å². The molecule has 0 atom stereocenters. The first-order valence-corrected chi connectivity index (χ1v) is 9.80. The SMILES string of the molecule is Cc1ccc(Cl)cc1N=C1NC(=O)/C(=C/c2ccc(OCC#N)c(Br)c2)S1. The van der Waals surface area contributed by atoms with Crippen molar-refractivity contribution in [2.45, 2.75) is 6.92 Å². The minimum atomic E-state index is -0.209. The molecule has 0 saturated carbocycles. The van der Waals surface area contributed by atoms with Crippen molar-refractivity contribution >= 4 is 62.1 Å². The molecule has 0 radical (unpaired) electrons. The lowest BCUT2D eigenvalue weighted by atomic mass is 10.2. The first-order chi connectivity index (χ1) is 13.0. The van der Waals surface area contributed by atoms with Gasteiger partial charge in [-0.25, -0.2) is 4.99 Å². The van der Waals surface area contributed by atoms with Crippen molar-refractivity contribution in [1.82, 2.24) is 5.32 Å². The first kappa shape index (κ1) is 19.5. The lowest BCUT2D eigenvalue weighted by molar-refractivity contribution is -0.115. The summed E-state index contributed by atoms with van der Waals surface area (Å²) in [4.78, 5) is 17.3. The molecule has 1 N–H and O–H groups in total. The number of ether oxygens (including phenoxy) is 1. The Morgan fingerprint density at radius 3 is 2.93 bits per heavy atom. The van der Waals surface area contributed by atoms with Crippen molar-refractivity contribution in [1.29, 1.82) is 5.26 Å². The minimum Gasteiger partial charge on any atom is -0.478 e. The Bertz CT molecular complexity index is 1010. The molecule has 5 nitrogen and oxygen atoms in total. The Hall–Kier alpha value is -2.27. The highest BCUT2D eigenvalue weighted by molar-refractivity contribution is 9.10. The largest absolute Gasteiger partial charge is 0.478 e. The average molecular weight is 463 g/mol. The fourth-order valence-electron chi connectivity index (χ4n) is 2.28. The second-order valence-electron chi connectivity index (χ2n) is 5.55. The number of rotatable bonds is 4. The first-order valence-electron chi connectivity index (χ1n) is 7.81. The van der Waals surface area contributed by atoms with Gasteiger partial charge in [-0.3, -0.25) is 4.79 Å². The van der Waals surface area contributed by atoms with Crippen LogP contribution in [-0.2, 0) is 4.79 Å². The number of aliphatic imine (C=N–C) groups is 1. The van der Waals surface area contributed by atoms with Crippen LogP contribution in [-0.4, -0.2) is 17.7 Å². The molecule has 0 aliphatic carbocycles. The molecule has 1 heterocycles. The number of halogens is 2.